The van der Waals surface area contributed by atoms with Gasteiger partial charge in [0.1, 0.15) is 11.5 Å². The SMILES string of the molecule is CCC(C)(C(=O)N1OCC[C@H]1c1cncc(C#N)c1)C(F)F. The molecule has 1 aromatic rings. The van der Waals surface area contributed by atoms with Crippen LogP contribution in [0.1, 0.15) is 43.9 Å². The maximum absolute atomic E-state index is 13.3. The number of rotatable bonds is 4. The number of carbonyl (C=O) groups excluding carboxylic acids is 1. The zero-order valence-electron chi connectivity index (χ0n) is 12.4. The Bertz CT molecular complexity index is 603. The Labute approximate surface area is 127 Å². The number of halogens is 2. The standard InChI is InChI=1S/C15H17F2N3O2/c1-3-15(2,13(16)17)14(21)20-12(4-5-22-20)11-6-10(7-18)8-19-9-11/h6,8-9,12-13H,3-5H2,1-2H3/t12-,15?/m0/s1. The zero-order chi connectivity index (χ0) is 16.3. The Morgan fingerprint density at radius 1 is 1.64 bits per heavy atom. The minimum atomic E-state index is -2.78. The molecule has 1 fully saturated rings. The van der Waals surface area contributed by atoms with Crippen molar-refractivity contribution in [3.63, 3.8) is 0 Å². The van der Waals surface area contributed by atoms with E-state index in [0.717, 1.165) is 5.06 Å². The molecule has 0 saturated carbocycles. The zero-order valence-corrected chi connectivity index (χ0v) is 12.4. The number of aromatic nitrogens is 1. The molecule has 1 aliphatic heterocycles. The number of carbonyl (C=O) groups is 1. The van der Waals surface area contributed by atoms with Gasteiger partial charge in [-0.25, -0.2) is 13.8 Å². The highest BCUT2D eigenvalue weighted by atomic mass is 19.3. The van der Waals surface area contributed by atoms with Crippen molar-refractivity contribution in [1.29, 1.82) is 5.26 Å². The molecule has 0 spiro atoms. The number of nitriles is 1. The third kappa shape index (κ3) is 2.79. The van der Waals surface area contributed by atoms with E-state index in [9.17, 15) is 13.6 Å². The van der Waals surface area contributed by atoms with E-state index in [1.54, 1.807) is 13.0 Å². The van der Waals surface area contributed by atoms with Crippen LogP contribution in [0, 0.1) is 16.7 Å². The first-order chi connectivity index (χ1) is 10.4. The van der Waals surface area contributed by atoms with Crippen LogP contribution < -0.4 is 0 Å². The van der Waals surface area contributed by atoms with E-state index in [0.29, 0.717) is 17.5 Å². The Kier molecular flexibility index (Phi) is 4.71. The van der Waals surface area contributed by atoms with Crippen molar-refractivity contribution in [2.24, 2.45) is 5.41 Å². The summed E-state index contributed by atoms with van der Waals surface area (Å²) in [6.07, 6.45) is 0.628. The predicted molar refractivity (Wildman–Crippen MR) is 73.5 cm³/mol. The van der Waals surface area contributed by atoms with Crippen LogP contribution in [0.2, 0.25) is 0 Å². The molecule has 2 atom stereocenters. The Balaban J connectivity index is 2.31. The molecule has 1 unspecified atom stereocenters. The molecule has 1 aromatic heterocycles. The number of hydroxylamine groups is 2. The molecular formula is C15H17F2N3O2. The second-order valence-corrected chi connectivity index (χ2v) is 5.46. The molecule has 0 radical (unpaired) electrons. The van der Waals surface area contributed by atoms with Gasteiger partial charge in [-0.15, -0.1) is 0 Å². The Morgan fingerprint density at radius 3 is 2.95 bits per heavy atom. The average molecular weight is 309 g/mol. The van der Waals surface area contributed by atoms with Crippen molar-refractivity contribution >= 4 is 5.91 Å². The number of hydrogen-bond donors (Lipinski definition) is 0. The van der Waals surface area contributed by atoms with Gasteiger partial charge < -0.3 is 0 Å². The summed E-state index contributed by atoms with van der Waals surface area (Å²) in [5.41, 5.74) is -0.829. The number of nitrogens with zero attached hydrogens (tertiary/aromatic N) is 3. The summed E-state index contributed by atoms with van der Waals surface area (Å²) in [5.74, 6) is -0.741. The summed E-state index contributed by atoms with van der Waals surface area (Å²) in [7, 11) is 0. The molecule has 1 saturated heterocycles. The molecule has 0 aromatic carbocycles. The summed E-state index contributed by atoms with van der Waals surface area (Å²) < 4.78 is 26.6. The summed E-state index contributed by atoms with van der Waals surface area (Å²) in [6, 6.07) is 3.06. The molecular weight excluding hydrogens is 292 g/mol. The van der Waals surface area contributed by atoms with Crippen LogP contribution in [0.4, 0.5) is 8.78 Å². The molecule has 0 aliphatic carbocycles. The van der Waals surface area contributed by atoms with E-state index in [-0.39, 0.29) is 13.0 Å². The van der Waals surface area contributed by atoms with E-state index in [4.69, 9.17) is 10.1 Å². The van der Waals surface area contributed by atoms with Gasteiger partial charge in [-0.2, -0.15) is 5.26 Å². The molecule has 2 rings (SSSR count). The molecule has 0 N–H and O–H groups in total. The van der Waals surface area contributed by atoms with Gasteiger partial charge in [0.25, 0.3) is 12.3 Å². The van der Waals surface area contributed by atoms with Crippen molar-refractivity contribution in [1.82, 2.24) is 10.0 Å². The van der Waals surface area contributed by atoms with E-state index >= 15 is 0 Å². The van der Waals surface area contributed by atoms with Crippen molar-refractivity contribution in [3.8, 4) is 6.07 Å². The molecule has 22 heavy (non-hydrogen) atoms. The molecule has 1 aliphatic rings. The molecule has 7 heteroatoms. The number of hydrogen-bond acceptors (Lipinski definition) is 4. The van der Waals surface area contributed by atoms with Crippen LogP contribution in [-0.4, -0.2) is 29.0 Å². The van der Waals surface area contributed by atoms with Crippen molar-refractivity contribution < 1.29 is 18.4 Å². The van der Waals surface area contributed by atoms with Gasteiger partial charge in [-0.1, -0.05) is 6.92 Å². The van der Waals surface area contributed by atoms with E-state index in [1.807, 2.05) is 6.07 Å². The van der Waals surface area contributed by atoms with Gasteiger partial charge >= 0.3 is 0 Å². The summed E-state index contributed by atoms with van der Waals surface area (Å²) in [5, 5.41) is 9.94. The first-order valence-corrected chi connectivity index (χ1v) is 7.03. The second kappa shape index (κ2) is 6.36. The summed E-state index contributed by atoms with van der Waals surface area (Å²) >= 11 is 0. The van der Waals surface area contributed by atoms with Gasteiger partial charge in [0.05, 0.1) is 18.2 Å². The molecule has 5 nitrogen and oxygen atoms in total. The van der Waals surface area contributed by atoms with Crippen molar-refractivity contribution in [2.45, 2.75) is 39.2 Å². The second-order valence-electron chi connectivity index (χ2n) is 5.46. The Hall–Kier alpha value is -2.07. The largest absolute Gasteiger partial charge is 0.272 e. The minimum Gasteiger partial charge on any atom is -0.272 e. The lowest BCUT2D eigenvalue weighted by molar-refractivity contribution is -0.196. The van der Waals surface area contributed by atoms with Crippen LogP contribution in [0.25, 0.3) is 0 Å². The fourth-order valence-corrected chi connectivity index (χ4v) is 2.32. The van der Waals surface area contributed by atoms with Crippen LogP contribution in [0.3, 0.4) is 0 Å². The lowest BCUT2D eigenvalue weighted by atomic mass is 9.86. The highest BCUT2D eigenvalue weighted by Crippen LogP contribution is 2.38. The number of amides is 1. The lowest BCUT2D eigenvalue weighted by Crippen LogP contribution is -2.45. The van der Waals surface area contributed by atoms with Gasteiger partial charge in [0, 0.05) is 18.8 Å². The fraction of sp³-hybridized carbons (Fsp3) is 0.533. The number of pyridine rings is 1. The van der Waals surface area contributed by atoms with E-state index < -0.39 is 23.8 Å². The quantitative estimate of drug-likeness (QED) is 0.858. The summed E-state index contributed by atoms with van der Waals surface area (Å²) in [4.78, 5) is 21.8. The minimum absolute atomic E-state index is 0.00651. The van der Waals surface area contributed by atoms with Crippen LogP contribution in [0.5, 0.6) is 0 Å². The highest BCUT2D eigenvalue weighted by molar-refractivity contribution is 5.82. The third-order valence-electron chi connectivity index (χ3n) is 4.08. The van der Waals surface area contributed by atoms with Gasteiger partial charge in [-0.3, -0.25) is 14.6 Å². The third-order valence-corrected chi connectivity index (χ3v) is 4.08. The van der Waals surface area contributed by atoms with Crippen molar-refractivity contribution in [3.05, 3.63) is 29.6 Å². The highest BCUT2D eigenvalue weighted by Gasteiger charge is 2.47. The molecule has 2 heterocycles. The first-order valence-electron chi connectivity index (χ1n) is 7.03. The first kappa shape index (κ1) is 16.3. The normalized spacial score (nSPS) is 20.7. The van der Waals surface area contributed by atoms with Crippen molar-refractivity contribution in [2.75, 3.05) is 6.61 Å². The van der Waals surface area contributed by atoms with E-state index in [2.05, 4.69) is 4.98 Å². The van der Waals surface area contributed by atoms with Gasteiger partial charge in [-0.05, 0) is 25.0 Å². The maximum Gasteiger partial charge on any atom is 0.258 e. The average Bonchev–Trinajstić information content (AvgIpc) is 3.02. The smallest absolute Gasteiger partial charge is 0.258 e. The van der Waals surface area contributed by atoms with Crippen LogP contribution in [-0.2, 0) is 9.63 Å². The predicted octanol–water partition coefficient (Wildman–Crippen LogP) is 2.84. The van der Waals surface area contributed by atoms with Crippen LogP contribution >= 0.6 is 0 Å². The Morgan fingerprint density at radius 2 is 2.36 bits per heavy atom. The maximum atomic E-state index is 13.3. The molecule has 1 amide bonds. The van der Waals surface area contributed by atoms with Gasteiger partial charge in [0.2, 0.25) is 0 Å². The fourth-order valence-electron chi connectivity index (χ4n) is 2.32. The monoisotopic (exact) mass is 309 g/mol. The number of alkyl halides is 2. The molecule has 118 valence electrons. The van der Waals surface area contributed by atoms with Crippen LogP contribution in [0.15, 0.2) is 18.5 Å². The van der Waals surface area contributed by atoms with Gasteiger partial charge in [0.15, 0.2) is 0 Å². The lowest BCUT2D eigenvalue weighted by Gasteiger charge is -2.32. The summed E-state index contributed by atoms with van der Waals surface area (Å²) in [6.45, 7) is 3.05. The topological polar surface area (TPSA) is 66.2 Å². The molecule has 0 bridgehead atoms. The van der Waals surface area contributed by atoms with E-state index in [1.165, 1.54) is 19.3 Å².